The molecule has 1 rings (SSSR count). The normalized spacial score (nSPS) is 10.8. The predicted molar refractivity (Wildman–Crippen MR) is 36.2 cm³/mol. The van der Waals surface area contributed by atoms with Crippen LogP contribution in [0.3, 0.4) is 0 Å². The van der Waals surface area contributed by atoms with Gasteiger partial charge in [0.25, 0.3) is 0 Å². The van der Waals surface area contributed by atoms with E-state index in [1.54, 1.807) is 4.68 Å². The average molecular weight is 141 g/mol. The van der Waals surface area contributed by atoms with E-state index < -0.39 is 0 Å². The first-order valence-electron chi connectivity index (χ1n) is 3.06. The number of rotatable bonds is 2. The molecule has 0 fully saturated rings. The second-order valence-corrected chi connectivity index (χ2v) is 2.46. The summed E-state index contributed by atoms with van der Waals surface area (Å²) in [6, 6.07) is 0. The largest absolute Gasteiger partial charge is 0.302 e. The molecule has 1 aromatic rings. The molecule has 10 heavy (non-hydrogen) atoms. The van der Waals surface area contributed by atoms with Crippen LogP contribution in [0.15, 0.2) is 0 Å². The number of aryl methyl sites for hydroxylation is 1. The molecule has 0 atom stereocenters. The van der Waals surface area contributed by atoms with Gasteiger partial charge in [0.05, 0.1) is 6.54 Å². The molecule has 1 heterocycles. The molecule has 5 nitrogen and oxygen atoms in total. The van der Waals surface area contributed by atoms with Crippen LogP contribution in [0.1, 0.15) is 5.82 Å². The molecule has 0 saturated heterocycles. The highest BCUT2D eigenvalue weighted by Crippen LogP contribution is 1.91. The molecular formula is C5H11N5. The molecule has 0 aliphatic heterocycles. The maximum Gasteiger partial charge on any atom is 0.164 e. The molecule has 5 heteroatoms. The number of nitrogens with zero attached hydrogens (tertiary/aromatic N) is 5. The standard InChI is InChI=1S/C5H11N5/c1-9(2)4-5-6-7-8-10(5)3/h4H2,1-3H3. The lowest BCUT2D eigenvalue weighted by Gasteiger charge is -2.05. The Hall–Kier alpha value is -0.970. The monoisotopic (exact) mass is 141 g/mol. The molecule has 0 radical (unpaired) electrons. The fourth-order valence-corrected chi connectivity index (χ4v) is 0.665. The molecule has 0 unspecified atom stereocenters. The molecule has 0 aliphatic carbocycles. The second-order valence-electron chi connectivity index (χ2n) is 2.46. The Balaban J connectivity index is 2.65. The molecule has 0 aromatic carbocycles. The molecule has 0 amide bonds. The third kappa shape index (κ3) is 1.51. The first kappa shape index (κ1) is 7.14. The van der Waals surface area contributed by atoms with Crippen molar-refractivity contribution in [2.75, 3.05) is 14.1 Å². The highest BCUT2D eigenvalue weighted by molar-refractivity contribution is 4.77. The lowest BCUT2D eigenvalue weighted by molar-refractivity contribution is 0.381. The number of tetrazole rings is 1. The van der Waals surface area contributed by atoms with Gasteiger partial charge in [-0.2, -0.15) is 0 Å². The predicted octanol–water partition coefficient (Wildman–Crippen LogP) is -0.728. The quantitative estimate of drug-likeness (QED) is 0.545. The molecule has 0 N–H and O–H groups in total. The van der Waals surface area contributed by atoms with E-state index in [1.165, 1.54) is 0 Å². The highest BCUT2D eigenvalue weighted by Gasteiger charge is 2.01. The highest BCUT2D eigenvalue weighted by atomic mass is 15.5. The van der Waals surface area contributed by atoms with Crippen molar-refractivity contribution in [1.82, 2.24) is 25.1 Å². The van der Waals surface area contributed by atoms with Crippen LogP contribution in [0.25, 0.3) is 0 Å². The summed E-state index contributed by atoms with van der Waals surface area (Å²) in [6.45, 7) is 0.781. The van der Waals surface area contributed by atoms with Gasteiger partial charge in [-0.3, -0.25) is 0 Å². The lowest BCUT2D eigenvalue weighted by atomic mass is 10.5. The van der Waals surface area contributed by atoms with Crippen LogP contribution >= 0.6 is 0 Å². The van der Waals surface area contributed by atoms with Gasteiger partial charge in [-0.25, -0.2) is 4.68 Å². The molecule has 0 spiro atoms. The van der Waals surface area contributed by atoms with E-state index in [1.807, 2.05) is 26.0 Å². The lowest BCUT2D eigenvalue weighted by Crippen LogP contribution is -2.14. The zero-order chi connectivity index (χ0) is 7.56. The van der Waals surface area contributed by atoms with E-state index in [9.17, 15) is 0 Å². The summed E-state index contributed by atoms with van der Waals surface area (Å²) >= 11 is 0. The zero-order valence-corrected chi connectivity index (χ0v) is 6.44. The smallest absolute Gasteiger partial charge is 0.164 e. The van der Waals surface area contributed by atoms with Crippen LogP contribution in [0.2, 0.25) is 0 Å². The summed E-state index contributed by atoms with van der Waals surface area (Å²) in [6.07, 6.45) is 0. The van der Waals surface area contributed by atoms with E-state index in [0.29, 0.717) is 0 Å². The van der Waals surface area contributed by atoms with Gasteiger partial charge in [0.1, 0.15) is 0 Å². The van der Waals surface area contributed by atoms with Crippen molar-refractivity contribution in [3.63, 3.8) is 0 Å². The fourth-order valence-electron chi connectivity index (χ4n) is 0.665. The Labute approximate surface area is 59.6 Å². The van der Waals surface area contributed by atoms with Gasteiger partial charge in [-0.1, -0.05) is 0 Å². The van der Waals surface area contributed by atoms with Crippen molar-refractivity contribution in [2.45, 2.75) is 6.54 Å². The van der Waals surface area contributed by atoms with Gasteiger partial charge in [-0.05, 0) is 24.5 Å². The minimum atomic E-state index is 0.781. The molecule has 0 saturated carbocycles. The van der Waals surface area contributed by atoms with Crippen LogP contribution in [-0.2, 0) is 13.6 Å². The molecule has 1 aromatic heterocycles. The molecule has 0 aliphatic rings. The van der Waals surface area contributed by atoms with Crippen LogP contribution in [0, 0.1) is 0 Å². The van der Waals surface area contributed by atoms with E-state index in [4.69, 9.17) is 0 Å². The van der Waals surface area contributed by atoms with Gasteiger partial charge >= 0.3 is 0 Å². The van der Waals surface area contributed by atoms with Crippen molar-refractivity contribution < 1.29 is 0 Å². The Bertz CT molecular complexity index is 204. The number of hydrogen-bond acceptors (Lipinski definition) is 4. The second kappa shape index (κ2) is 2.74. The molecular weight excluding hydrogens is 130 g/mol. The Kier molecular flexibility index (Phi) is 1.96. The summed E-state index contributed by atoms with van der Waals surface area (Å²) < 4.78 is 1.67. The topological polar surface area (TPSA) is 46.8 Å². The maximum absolute atomic E-state index is 3.82. The average Bonchev–Trinajstić information content (AvgIpc) is 2.15. The summed E-state index contributed by atoms with van der Waals surface area (Å²) in [7, 11) is 5.79. The first-order valence-corrected chi connectivity index (χ1v) is 3.06. The Morgan fingerprint density at radius 2 is 2.20 bits per heavy atom. The summed E-state index contributed by atoms with van der Waals surface area (Å²) in [5.74, 6) is 0.880. The summed E-state index contributed by atoms with van der Waals surface area (Å²) in [5, 5.41) is 11.0. The minimum Gasteiger partial charge on any atom is -0.302 e. The first-order chi connectivity index (χ1) is 4.70. The Morgan fingerprint density at radius 1 is 1.50 bits per heavy atom. The van der Waals surface area contributed by atoms with Crippen LogP contribution in [-0.4, -0.2) is 39.2 Å². The summed E-state index contributed by atoms with van der Waals surface area (Å²) in [4.78, 5) is 2.02. The Morgan fingerprint density at radius 3 is 2.60 bits per heavy atom. The number of aromatic nitrogens is 4. The van der Waals surface area contributed by atoms with Crippen molar-refractivity contribution in [1.29, 1.82) is 0 Å². The van der Waals surface area contributed by atoms with Crippen molar-refractivity contribution >= 4 is 0 Å². The van der Waals surface area contributed by atoms with Crippen LogP contribution < -0.4 is 0 Å². The van der Waals surface area contributed by atoms with E-state index in [2.05, 4.69) is 15.5 Å². The van der Waals surface area contributed by atoms with Crippen molar-refractivity contribution in [2.24, 2.45) is 7.05 Å². The van der Waals surface area contributed by atoms with E-state index >= 15 is 0 Å². The number of hydrogen-bond donors (Lipinski definition) is 0. The third-order valence-electron chi connectivity index (χ3n) is 1.17. The van der Waals surface area contributed by atoms with Gasteiger partial charge in [0.15, 0.2) is 5.82 Å². The maximum atomic E-state index is 3.82. The van der Waals surface area contributed by atoms with Crippen molar-refractivity contribution in [3.05, 3.63) is 5.82 Å². The summed E-state index contributed by atoms with van der Waals surface area (Å²) in [5.41, 5.74) is 0. The van der Waals surface area contributed by atoms with Gasteiger partial charge in [0.2, 0.25) is 0 Å². The zero-order valence-electron chi connectivity index (χ0n) is 6.44. The van der Waals surface area contributed by atoms with Crippen molar-refractivity contribution in [3.8, 4) is 0 Å². The van der Waals surface area contributed by atoms with Gasteiger partial charge in [0, 0.05) is 7.05 Å². The van der Waals surface area contributed by atoms with Crippen LogP contribution in [0.4, 0.5) is 0 Å². The van der Waals surface area contributed by atoms with Gasteiger partial charge in [-0.15, -0.1) is 5.10 Å². The SMILES string of the molecule is CN(C)Cc1nnnn1C. The van der Waals surface area contributed by atoms with E-state index in [-0.39, 0.29) is 0 Å². The van der Waals surface area contributed by atoms with Gasteiger partial charge < -0.3 is 4.90 Å². The fraction of sp³-hybridized carbons (Fsp3) is 0.800. The molecule has 0 bridgehead atoms. The molecule has 56 valence electrons. The third-order valence-corrected chi connectivity index (χ3v) is 1.17. The van der Waals surface area contributed by atoms with E-state index in [0.717, 1.165) is 12.4 Å². The minimum absolute atomic E-state index is 0.781. The van der Waals surface area contributed by atoms with Crippen LogP contribution in [0.5, 0.6) is 0 Å².